The van der Waals surface area contributed by atoms with Gasteiger partial charge in [0.05, 0.1) is 5.69 Å². The zero-order valence-electron chi connectivity index (χ0n) is 18.0. The number of carbonyl (C=O) groups excluding carboxylic acids is 1. The molecule has 1 aromatic carbocycles. The Morgan fingerprint density at radius 2 is 2.00 bits per heavy atom. The van der Waals surface area contributed by atoms with E-state index in [1.54, 1.807) is 7.05 Å². The molecule has 1 aromatic heterocycles. The van der Waals surface area contributed by atoms with Crippen molar-refractivity contribution >= 4 is 17.9 Å². The van der Waals surface area contributed by atoms with E-state index in [-0.39, 0.29) is 23.8 Å². The molecule has 0 radical (unpaired) electrons. The van der Waals surface area contributed by atoms with E-state index in [9.17, 15) is 9.18 Å². The van der Waals surface area contributed by atoms with Crippen molar-refractivity contribution < 1.29 is 13.9 Å². The second-order valence-corrected chi connectivity index (χ2v) is 8.68. The minimum atomic E-state index is -0.528. The van der Waals surface area contributed by atoms with Crippen LogP contribution in [-0.2, 0) is 17.6 Å². The lowest BCUT2D eigenvalue weighted by Gasteiger charge is -2.27. The molecular weight excluding hydrogens is 385 g/mol. The molecule has 0 fully saturated rings. The monoisotopic (exact) mass is 415 g/mol. The second-order valence-electron chi connectivity index (χ2n) is 8.68. The SMILES string of the molecule is CN(CCNc1nc(N)nc2c1CCC(c1ccc(F)cc1)C2)C(=O)OC(C)(C)C. The number of ether oxygens (including phenoxy) is 1. The van der Waals surface area contributed by atoms with Crippen LogP contribution >= 0.6 is 0 Å². The van der Waals surface area contributed by atoms with Crippen LogP contribution in [0, 0.1) is 5.82 Å². The maximum atomic E-state index is 13.2. The zero-order valence-corrected chi connectivity index (χ0v) is 18.0. The lowest BCUT2D eigenvalue weighted by atomic mass is 9.82. The van der Waals surface area contributed by atoms with Gasteiger partial charge in [0.2, 0.25) is 5.95 Å². The third kappa shape index (κ3) is 5.58. The van der Waals surface area contributed by atoms with Crippen molar-refractivity contribution in [3.8, 4) is 0 Å². The standard InChI is InChI=1S/C22H30FN5O2/c1-22(2,3)30-21(29)28(4)12-11-25-19-17-10-7-15(13-18(17)26-20(24)27-19)14-5-8-16(23)9-6-14/h5-6,8-9,15H,7,10-13H2,1-4H3,(H3,24,25,26,27). The molecule has 3 rings (SSSR count). The van der Waals surface area contributed by atoms with Crippen LogP contribution in [0.2, 0.25) is 0 Å². The highest BCUT2D eigenvalue weighted by Gasteiger charge is 2.25. The number of nitrogens with one attached hydrogen (secondary N) is 1. The van der Waals surface area contributed by atoms with E-state index in [0.717, 1.165) is 36.1 Å². The first-order valence-electron chi connectivity index (χ1n) is 10.2. The highest BCUT2D eigenvalue weighted by Crippen LogP contribution is 2.34. The molecule has 0 aliphatic heterocycles. The number of amides is 1. The number of carbonyl (C=O) groups is 1. The number of fused-ring (bicyclic) bond motifs is 1. The maximum Gasteiger partial charge on any atom is 0.410 e. The van der Waals surface area contributed by atoms with Gasteiger partial charge in [0, 0.05) is 25.7 Å². The summed E-state index contributed by atoms with van der Waals surface area (Å²) in [6.07, 6.45) is 2.11. The predicted molar refractivity (Wildman–Crippen MR) is 115 cm³/mol. The number of benzene rings is 1. The number of aromatic nitrogens is 2. The van der Waals surface area contributed by atoms with Gasteiger partial charge < -0.3 is 20.7 Å². The van der Waals surface area contributed by atoms with Gasteiger partial charge in [-0.05, 0) is 63.6 Å². The summed E-state index contributed by atoms with van der Waals surface area (Å²) in [4.78, 5) is 22.4. The van der Waals surface area contributed by atoms with Gasteiger partial charge in [0.15, 0.2) is 0 Å². The number of anilines is 2. The second kappa shape index (κ2) is 8.85. The van der Waals surface area contributed by atoms with Crippen LogP contribution < -0.4 is 11.1 Å². The van der Waals surface area contributed by atoms with Crippen molar-refractivity contribution in [2.45, 2.75) is 51.6 Å². The van der Waals surface area contributed by atoms with E-state index in [2.05, 4.69) is 15.3 Å². The summed E-state index contributed by atoms with van der Waals surface area (Å²) in [6.45, 7) is 6.50. The molecule has 8 heteroatoms. The smallest absolute Gasteiger partial charge is 0.410 e. The van der Waals surface area contributed by atoms with Crippen molar-refractivity contribution in [1.29, 1.82) is 0 Å². The Hall–Kier alpha value is -2.90. The van der Waals surface area contributed by atoms with Crippen molar-refractivity contribution in [1.82, 2.24) is 14.9 Å². The molecule has 1 aliphatic rings. The summed E-state index contributed by atoms with van der Waals surface area (Å²) in [6, 6.07) is 6.66. The van der Waals surface area contributed by atoms with E-state index in [1.807, 2.05) is 32.9 Å². The average molecular weight is 416 g/mol. The van der Waals surface area contributed by atoms with Crippen LogP contribution in [-0.4, -0.2) is 46.7 Å². The quantitative estimate of drug-likeness (QED) is 0.773. The Bertz CT molecular complexity index is 896. The Labute approximate surface area is 176 Å². The minimum Gasteiger partial charge on any atom is -0.444 e. The van der Waals surface area contributed by atoms with Crippen LogP contribution in [0.1, 0.15) is 49.9 Å². The molecule has 7 nitrogen and oxygen atoms in total. The number of likely N-dealkylation sites (N-methyl/N-ethyl adjacent to an activating group) is 1. The third-order valence-corrected chi connectivity index (χ3v) is 5.08. The Morgan fingerprint density at radius 1 is 1.30 bits per heavy atom. The van der Waals surface area contributed by atoms with Crippen molar-refractivity contribution in [2.24, 2.45) is 0 Å². The number of nitrogen functional groups attached to an aromatic ring is 1. The molecule has 1 atom stereocenters. The van der Waals surface area contributed by atoms with Crippen LogP contribution in [0.25, 0.3) is 0 Å². The van der Waals surface area contributed by atoms with Gasteiger partial charge >= 0.3 is 6.09 Å². The molecule has 1 heterocycles. The number of halogens is 1. The summed E-state index contributed by atoms with van der Waals surface area (Å²) in [5.74, 6) is 0.979. The molecule has 162 valence electrons. The lowest BCUT2D eigenvalue weighted by Crippen LogP contribution is -2.36. The zero-order chi connectivity index (χ0) is 21.9. The van der Waals surface area contributed by atoms with E-state index >= 15 is 0 Å². The highest BCUT2D eigenvalue weighted by atomic mass is 19.1. The van der Waals surface area contributed by atoms with Crippen LogP contribution in [0.3, 0.4) is 0 Å². The average Bonchev–Trinajstić information content (AvgIpc) is 2.66. The Kier molecular flexibility index (Phi) is 6.43. The first kappa shape index (κ1) is 21.8. The number of hydrogen-bond donors (Lipinski definition) is 2. The van der Waals surface area contributed by atoms with E-state index in [0.29, 0.717) is 18.9 Å². The van der Waals surface area contributed by atoms with Gasteiger partial charge in [-0.15, -0.1) is 0 Å². The summed E-state index contributed by atoms with van der Waals surface area (Å²) in [5.41, 5.74) is 8.50. The molecule has 0 saturated heterocycles. The Morgan fingerprint density at radius 3 is 2.67 bits per heavy atom. The maximum absolute atomic E-state index is 13.2. The summed E-state index contributed by atoms with van der Waals surface area (Å²) in [5, 5.41) is 3.29. The molecule has 1 unspecified atom stereocenters. The van der Waals surface area contributed by atoms with E-state index in [4.69, 9.17) is 10.5 Å². The Balaban J connectivity index is 1.64. The number of nitrogens with zero attached hydrogens (tertiary/aromatic N) is 3. The first-order valence-corrected chi connectivity index (χ1v) is 10.2. The predicted octanol–water partition coefficient (Wildman–Crippen LogP) is 3.75. The van der Waals surface area contributed by atoms with Gasteiger partial charge in [-0.1, -0.05) is 12.1 Å². The van der Waals surface area contributed by atoms with Crippen molar-refractivity contribution in [2.75, 3.05) is 31.2 Å². The molecule has 1 amide bonds. The summed E-state index contributed by atoms with van der Waals surface area (Å²) < 4.78 is 18.6. The van der Waals surface area contributed by atoms with Gasteiger partial charge in [-0.25, -0.2) is 14.2 Å². The molecular formula is C22H30FN5O2. The highest BCUT2D eigenvalue weighted by molar-refractivity contribution is 5.67. The number of nitrogens with two attached hydrogens (primary N) is 1. The molecule has 3 N–H and O–H groups in total. The molecule has 0 spiro atoms. The normalized spacial score (nSPS) is 16.0. The van der Waals surface area contributed by atoms with Crippen LogP contribution in [0.15, 0.2) is 24.3 Å². The van der Waals surface area contributed by atoms with Crippen LogP contribution in [0.5, 0.6) is 0 Å². The minimum absolute atomic E-state index is 0.219. The fraction of sp³-hybridized carbons (Fsp3) is 0.500. The summed E-state index contributed by atoms with van der Waals surface area (Å²) >= 11 is 0. The van der Waals surface area contributed by atoms with Gasteiger partial charge in [0.25, 0.3) is 0 Å². The van der Waals surface area contributed by atoms with Crippen molar-refractivity contribution in [3.63, 3.8) is 0 Å². The molecule has 30 heavy (non-hydrogen) atoms. The molecule has 2 aromatic rings. The topological polar surface area (TPSA) is 93.4 Å². The van der Waals surface area contributed by atoms with Crippen molar-refractivity contribution in [3.05, 3.63) is 46.9 Å². The fourth-order valence-electron chi connectivity index (χ4n) is 3.57. The van der Waals surface area contributed by atoms with Gasteiger partial charge in [0.1, 0.15) is 17.2 Å². The van der Waals surface area contributed by atoms with Crippen LogP contribution in [0.4, 0.5) is 21.0 Å². The number of rotatable bonds is 5. The summed E-state index contributed by atoms with van der Waals surface area (Å²) in [7, 11) is 1.70. The fourth-order valence-corrected chi connectivity index (χ4v) is 3.57. The molecule has 0 saturated carbocycles. The molecule has 1 aliphatic carbocycles. The molecule has 0 bridgehead atoms. The number of hydrogen-bond acceptors (Lipinski definition) is 6. The third-order valence-electron chi connectivity index (χ3n) is 5.08. The first-order chi connectivity index (χ1) is 14.1. The largest absolute Gasteiger partial charge is 0.444 e. The van der Waals surface area contributed by atoms with E-state index < -0.39 is 5.60 Å². The lowest BCUT2D eigenvalue weighted by molar-refractivity contribution is 0.0305. The van der Waals surface area contributed by atoms with Gasteiger partial charge in [-0.3, -0.25) is 0 Å². The van der Waals surface area contributed by atoms with E-state index in [1.165, 1.54) is 17.0 Å². The van der Waals surface area contributed by atoms with Gasteiger partial charge in [-0.2, -0.15) is 4.98 Å².